The van der Waals surface area contributed by atoms with E-state index in [0.29, 0.717) is 37.5 Å². The number of aliphatic hydroxyl groups is 2. The van der Waals surface area contributed by atoms with Crippen molar-refractivity contribution in [1.82, 2.24) is 0 Å². The summed E-state index contributed by atoms with van der Waals surface area (Å²) < 4.78 is 0. The number of rotatable bonds is 9. The van der Waals surface area contributed by atoms with Crippen LogP contribution in [0, 0.1) is 11.8 Å². The Labute approximate surface area is 181 Å². The Hall–Kier alpha value is -2.56. The smallest absolute Gasteiger partial charge is 0.237 e. The Balaban J connectivity index is 0.000000703. The summed E-state index contributed by atoms with van der Waals surface area (Å²) in [4.78, 5) is 57.1. The van der Waals surface area contributed by atoms with Crippen LogP contribution in [0.1, 0.15) is 70.6 Å². The fraction of sp³-hybridized carbons (Fsp3) is 0.810. The Bertz CT molecular complexity index is 629. The summed E-state index contributed by atoms with van der Waals surface area (Å²) in [6.45, 7) is 0.390. The van der Waals surface area contributed by atoms with Crippen LogP contribution in [-0.2, 0) is 19.2 Å². The number of unbranched alkanes of at least 4 members (excludes halogenated alkanes) is 1. The molecular weight excluding hydrogens is 404 g/mol. The maximum atomic E-state index is 10.6. The third kappa shape index (κ3) is 8.99. The average Bonchev–Trinajstić information content (AvgIpc) is 2.77. The molecule has 2 fully saturated rings. The molecule has 0 heterocycles. The van der Waals surface area contributed by atoms with Crippen molar-refractivity contribution < 1.29 is 29.4 Å². The van der Waals surface area contributed by atoms with Gasteiger partial charge in [-0.3, -0.25) is 0 Å². The van der Waals surface area contributed by atoms with Crippen LogP contribution in [0.15, 0.2) is 20.0 Å². The van der Waals surface area contributed by atoms with Gasteiger partial charge in [0.1, 0.15) is 0 Å². The number of hydrogen-bond donors (Lipinski definition) is 2. The first-order chi connectivity index (χ1) is 15.0. The van der Waals surface area contributed by atoms with E-state index in [1.165, 1.54) is 24.3 Å². The summed E-state index contributed by atoms with van der Waals surface area (Å²) in [5, 5.41) is 16.2. The highest BCUT2D eigenvalue weighted by Gasteiger charge is 2.39. The van der Waals surface area contributed by atoms with Crippen molar-refractivity contribution in [2.24, 2.45) is 31.8 Å². The average molecular weight is 434 g/mol. The van der Waals surface area contributed by atoms with Crippen molar-refractivity contribution in [1.29, 1.82) is 0 Å². The van der Waals surface area contributed by atoms with Gasteiger partial charge >= 0.3 is 0 Å². The van der Waals surface area contributed by atoms with Crippen molar-refractivity contribution in [3.8, 4) is 0 Å². The van der Waals surface area contributed by atoms with Crippen molar-refractivity contribution in [3.05, 3.63) is 0 Å². The molecule has 10 heteroatoms. The van der Waals surface area contributed by atoms with Crippen molar-refractivity contribution in [2.45, 2.75) is 82.0 Å². The zero-order chi connectivity index (χ0) is 23.0. The maximum absolute atomic E-state index is 10.6. The summed E-state index contributed by atoms with van der Waals surface area (Å²) in [6, 6.07) is 0. The molecular formula is C21H30N4O6. The number of carbonyl (C=O) groups excluding carboxylic acids is 4. The predicted molar refractivity (Wildman–Crippen MR) is 110 cm³/mol. The Morgan fingerprint density at radius 2 is 0.903 bits per heavy atom. The number of hydrogen-bond acceptors (Lipinski definition) is 10. The molecule has 10 nitrogen and oxygen atoms in total. The van der Waals surface area contributed by atoms with Crippen LogP contribution < -0.4 is 0 Å². The van der Waals surface area contributed by atoms with Crippen LogP contribution in [0.4, 0.5) is 0 Å². The van der Waals surface area contributed by atoms with Gasteiger partial charge in [0.05, 0.1) is 0 Å². The lowest BCUT2D eigenvalue weighted by Crippen LogP contribution is -2.33. The Morgan fingerprint density at radius 3 is 1.13 bits per heavy atom. The standard InChI is InChI=1S/C17H20N4O4.C4H10O2/c22-10-18-16(19-11-23)5-1-14(2-6-16)9-15-3-7-17(8-4-15,20-12-24)21-13-25;5-3-1-2-4-6/h14-15H,1-9H2;5-6H,1-4H2. The molecule has 2 N–H and O–H groups in total. The van der Waals surface area contributed by atoms with Gasteiger partial charge in [0.25, 0.3) is 0 Å². The fourth-order valence-electron chi connectivity index (χ4n) is 4.28. The third-order valence-corrected chi connectivity index (χ3v) is 6.06. The molecule has 2 rings (SSSR count). The second kappa shape index (κ2) is 14.4. The van der Waals surface area contributed by atoms with E-state index in [4.69, 9.17) is 10.2 Å². The molecule has 0 saturated heterocycles. The highest BCUT2D eigenvalue weighted by molar-refractivity contribution is 5.39. The Kier molecular flexibility index (Phi) is 12.3. The van der Waals surface area contributed by atoms with E-state index in [-0.39, 0.29) is 13.2 Å². The summed E-state index contributed by atoms with van der Waals surface area (Å²) in [5.74, 6) is 0.942. The summed E-state index contributed by atoms with van der Waals surface area (Å²) in [7, 11) is 0. The highest BCUT2D eigenvalue weighted by atomic mass is 16.3. The van der Waals surface area contributed by atoms with Gasteiger partial charge < -0.3 is 10.2 Å². The monoisotopic (exact) mass is 434 g/mol. The quantitative estimate of drug-likeness (QED) is 0.322. The van der Waals surface area contributed by atoms with E-state index < -0.39 is 11.3 Å². The number of aliphatic imine (C=N–C) groups is 4. The SMILES string of the molecule is O=C=NC1(N=C=O)CCC(CC2CCC(N=C=O)(N=C=O)CC2)CC1.OCCCCO. The Morgan fingerprint density at radius 1 is 0.613 bits per heavy atom. The first-order valence-corrected chi connectivity index (χ1v) is 10.6. The van der Waals surface area contributed by atoms with Crippen LogP contribution >= 0.6 is 0 Å². The minimum Gasteiger partial charge on any atom is -0.396 e. The number of aliphatic hydroxyl groups excluding tert-OH is 2. The first kappa shape index (κ1) is 26.5. The zero-order valence-corrected chi connectivity index (χ0v) is 17.7. The normalized spacial score (nSPS) is 29.5. The molecule has 170 valence electrons. The van der Waals surface area contributed by atoms with Gasteiger partial charge in [0.15, 0.2) is 11.3 Å². The lowest BCUT2D eigenvalue weighted by atomic mass is 9.73. The van der Waals surface area contributed by atoms with Crippen LogP contribution in [-0.4, -0.2) is 59.1 Å². The van der Waals surface area contributed by atoms with Crippen LogP contribution in [0.25, 0.3) is 0 Å². The molecule has 0 atom stereocenters. The molecule has 2 aliphatic carbocycles. The predicted octanol–water partition coefficient (Wildman–Crippen LogP) is 2.24. The minimum absolute atomic E-state index is 0.195. The zero-order valence-electron chi connectivity index (χ0n) is 17.7. The van der Waals surface area contributed by atoms with Gasteiger partial charge in [0, 0.05) is 13.2 Å². The van der Waals surface area contributed by atoms with E-state index in [1.54, 1.807) is 0 Å². The molecule has 0 aliphatic heterocycles. The highest BCUT2D eigenvalue weighted by Crippen LogP contribution is 2.43. The van der Waals surface area contributed by atoms with Crippen LogP contribution in [0.3, 0.4) is 0 Å². The van der Waals surface area contributed by atoms with Crippen LogP contribution in [0.5, 0.6) is 0 Å². The van der Waals surface area contributed by atoms with Crippen molar-refractivity contribution in [3.63, 3.8) is 0 Å². The molecule has 0 aromatic heterocycles. The molecule has 0 amide bonds. The lowest BCUT2D eigenvalue weighted by Gasteiger charge is -2.36. The minimum atomic E-state index is -0.973. The molecule has 2 aliphatic rings. The van der Waals surface area contributed by atoms with Gasteiger partial charge in [-0.1, -0.05) is 0 Å². The second-order valence-electron chi connectivity index (χ2n) is 8.05. The summed E-state index contributed by atoms with van der Waals surface area (Å²) >= 11 is 0. The van der Waals surface area contributed by atoms with Gasteiger partial charge in [0.2, 0.25) is 24.3 Å². The third-order valence-electron chi connectivity index (χ3n) is 6.06. The van der Waals surface area contributed by atoms with E-state index in [0.717, 1.165) is 44.9 Å². The molecule has 0 aromatic carbocycles. The van der Waals surface area contributed by atoms with Crippen LogP contribution in [0.2, 0.25) is 0 Å². The lowest BCUT2D eigenvalue weighted by molar-refractivity contribution is 0.172. The van der Waals surface area contributed by atoms with E-state index >= 15 is 0 Å². The van der Waals surface area contributed by atoms with Crippen molar-refractivity contribution >= 4 is 24.3 Å². The van der Waals surface area contributed by atoms with E-state index in [2.05, 4.69) is 20.0 Å². The second-order valence-corrected chi connectivity index (χ2v) is 8.05. The van der Waals surface area contributed by atoms with E-state index in [1.807, 2.05) is 0 Å². The summed E-state index contributed by atoms with van der Waals surface area (Å²) in [6.07, 6.45) is 14.0. The van der Waals surface area contributed by atoms with Gasteiger partial charge in [-0.2, -0.15) is 20.0 Å². The largest absolute Gasteiger partial charge is 0.396 e. The van der Waals surface area contributed by atoms with Crippen molar-refractivity contribution in [2.75, 3.05) is 13.2 Å². The maximum Gasteiger partial charge on any atom is 0.237 e. The number of isocyanates is 4. The molecule has 0 spiro atoms. The molecule has 2 saturated carbocycles. The molecule has 0 aromatic rings. The molecule has 0 radical (unpaired) electrons. The first-order valence-electron chi connectivity index (χ1n) is 10.6. The topological polar surface area (TPSA) is 158 Å². The number of nitrogens with zero attached hydrogens (tertiary/aromatic N) is 4. The molecule has 31 heavy (non-hydrogen) atoms. The van der Waals surface area contributed by atoms with Gasteiger partial charge in [-0.25, -0.2) is 19.2 Å². The van der Waals surface area contributed by atoms with E-state index in [9.17, 15) is 19.2 Å². The fourth-order valence-corrected chi connectivity index (χ4v) is 4.28. The summed E-state index contributed by atoms with van der Waals surface area (Å²) in [5.41, 5.74) is -1.95. The van der Waals surface area contributed by atoms with Gasteiger partial charge in [-0.05, 0) is 82.5 Å². The molecule has 0 bridgehead atoms. The van der Waals surface area contributed by atoms with Gasteiger partial charge in [-0.15, -0.1) is 0 Å². The molecule has 0 unspecified atom stereocenters.